The molecule has 1 saturated heterocycles. The van der Waals surface area contributed by atoms with E-state index in [-0.39, 0.29) is 6.04 Å². The minimum Gasteiger partial charge on any atom is -0.323 e. The molecule has 2 aromatic rings. The number of anilines is 1. The quantitative estimate of drug-likeness (QED) is 0.640. The van der Waals surface area contributed by atoms with Crippen molar-refractivity contribution in [3.63, 3.8) is 0 Å². The maximum Gasteiger partial charge on any atom is 0.334 e. The summed E-state index contributed by atoms with van der Waals surface area (Å²) < 4.78 is 8.20. The molecule has 1 N–H and O–H groups in total. The molecule has 0 radical (unpaired) electrons. The maximum absolute atomic E-state index is 12.5. The van der Waals surface area contributed by atoms with Gasteiger partial charge in [0.2, 0.25) is 5.91 Å². The highest BCUT2D eigenvalue weighted by Gasteiger charge is 2.48. The normalized spacial score (nSPS) is 18.4. The number of fused-ring (bicyclic) bond motifs is 1. The van der Waals surface area contributed by atoms with Crippen molar-refractivity contribution in [3.8, 4) is 0 Å². The van der Waals surface area contributed by atoms with Gasteiger partial charge in [-0.05, 0) is 25.0 Å². The van der Waals surface area contributed by atoms with Crippen molar-refractivity contribution < 1.29 is 19.2 Å². The zero-order valence-corrected chi connectivity index (χ0v) is 14.5. The summed E-state index contributed by atoms with van der Waals surface area (Å²) in [5.41, 5.74) is 1.62. The second kappa shape index (κ2) is 6.45. The molecule has 0 atom stereocenters. The molecule has 26 heavy (non-hydrogen) atoms. The molecule has 4 rings (SSSR count). The number of nitrogens with one attached hydrogen (secondary N) is 1. The zero-order chi connectivity index (χ0) is 18.3. The van der Waals surface area contributed by atoms with E-state index in [1.54, 1.807) is 18.2 Å². The molecule has 2 fully saturated rings. The van der Waals surface area contributed by atoms with E-state index >= 15 is 0 Å². The Hall–Kier alpha value is -2.88. The van der Waals surface area contributed by atoms with Crippen LogP contribution < -0.4 is 5.32 Å². The highest BCUT2D eigenvalue weighted by atomic mass is 32.1. The Balaban J connectivity index is 1.48. The Morgan fingerprint density at radius 1 is 1.15 bits per heavy atom. The van der Waals surface area contributed by atoms with Crippen molar-refractivity contribution in [1.29, 1.82) is 0 Å². The van der Waals surface area contributed by atoms with Crippen LogP contribution in [0.5, 0.6) is 0 Å². The number of nitrogens with zero attached hydrogens (tertiary/aromatic N) is 4. The van der Waals surface area contributed by atoms with E-state index in [0.717, 1.165) is 29.5 Å². The average molecular weight is 373 g/mol. The standard InChI is InChI=1S/C16H15N5O4S/c22-12(17-10-6-3-7-11-13(10)19-26-18-11)8-20-14(23)15(24)21(16(20)25)9-4-1-2-5-9/h3,6-7,9H,1-2,4-5,8H2,(H,17,22). The van der Waals surface area contributed by atoms with Crippen LogP contribution in [0.25, 0.3) is 11.0 Å². The number of carbonyl (C=O) groups is 4. The second-order valence-corrected chi connectivity index (χ2v) is 6.80. The first-order valence-electron chi connectivity index (χ1n) is 8.26. The van der Waals surface area contributed by atoms with Crippen LogP contribution in [-0.4, -0.2) is 54.9 Å². The third-order valence-electron chi connectivity index (χ3n) is 4.64. The van der Waals surface area contributed by atoms with E-state index in [1.807, 2.05) is 0 Å². The summed E-state index contributed by atoms with van der Waals surface area (Å²) in [6, 6.07) is 4.18. The number of urea groups is 1. The molecule has 0 unspecified atom stereocenters. The van der Waals surface area contributed by atoms with Gasteiger partial charge in [0.15, 0.2) is 0 Å². The van der Waals surface area contributed by atoms with Crippen molar-refractivity contribution in [2.24, 2.45) is 0 Å². The monoisotopic (exact) mass is 373 g/mol. The van der Waals surface area contributed by atoms with Gasteiger partial charge >= 0.3 is 17.8 Å². The van der Waals surface area contributed by atoms with Gasteiger partial charge in [0.25, 0.3) is 0 Å². The summed E-state index contributed by atoms with van der Waals surface area (Å²) in [4.78, 5) is 50.8. The fraction of sp³-hybridized carbons (Fsp3) is 0.375. The van der Waals surface area contributed by atoms with Crippen LogP contribution in [0.1, 0.15) is 25.7 Å². The molecule has 2 aliphatic rings. The third-order valence-corrected chi connectivity index (χ3v) is 5.18. The van der Waals surface area contributed by atoms with Crippen LogP contribution in [0.2, 0.25) is 0 Å². The zero-order valence-electron chi connectivity index (χ0n) is 13.7. The highest BCUT2D eigenvalue weighted by molar-refractivity contribution is 7.00. The number of hydrogen-bond donors (Lipinski definition) is 1. The van der Waals surface area contributed by atoms with Gasteiger partial charge in [0, 0.05) is 6.04 Å². The summed E-state index contributed by atoms with van der Waals surface area (Å²) in [7, 11) is 0. The number of carbonyl (C=O) groups excluding carboxylic acids is 4. The van der Waals surface area contributed by atoms with E-state index in [4.69, 9.17) is 0 Å². The van der Waals surface area contributed by atoms with Crippen molar-refractivity contribution in [2.75, 3.05) is 11.9 Å². The number of hydrogen-bond acceptors (Lipinski definition) is 7. The van der Waals surface area contributed by atoms with Gasteiger partial charge in [0.05, 0.1) is 17.4 Å². The van der Waals surface area contributed by atoms with E-state index in [0.29, 0.717) is 34.5 Å². The predicted molar refractivity (Wildman–Crippen MR) is 92.3 cm³/mol. The van der Waals surface area contributed by atoms with E-state index < -0.39 is 30.3 Å². The second-order valence-electron chi connectivity index (χ2n) is 6.27. The summed E-state index contributed by atoms with van der Waals surface area (Å²) >= 11 is 1.02. The molecule has 1 aliphatic heterocycles. The summed E-state index contributed by atoms with van der Waals surface area (Å²) in [6.45, 7) is -0.513. The van der Waals surface area contributed by atoms with Gasteiger partial charge < -0.3 is 5.32 Å². The fourth-order valence-corrected chi connectivity index (χ4v) is 3.94. The number of benzene rings is 1. The summed E-state index contributed by atoms with van der Waals surface area (Å²) in [5, 5.41) is 2.63. The lowest BCUT2D eigenvalue weighted by Gasteiger charge is -2.20. The molecule has 9 nitrogen and oxygen atoms in total. The van der Waals surface area contributed by atoms with E-state index in [2.05, 4.69) is 14.1 Å². The van der Waals surface area contributed by atoms with Crippen LogP contribution in [0, 0.1) is 0 Å². The summed E-state index contributed by atoms with van der Waals surface area (Å²) in [5.74, 6) is -2.38. The lowest BCUT2D eigenvalue weighted by molar-refractivity contribution is -0.144. The largest absolute Gasteiger partial charge is 0.334 e. The number of imide groups is 2. The number of rotatable bonds is 4. The smallest absolute Gasteiger partial charge is 0.323 e. The Kier molecular flexibility index (Phi) is 4.11. The molecule has 1 aromatic carbocycles. The van der Waals surface area contributed by atoms with Gasteiger partial charge in [-0.15, -0.1) is 0 Å². The van der Waals surface area contributed by atoms with Crippen LogP contribution in [0.3, 0.4) is 0 Å². The van der Waals surface area contributed by atoms with E-state index in [1.165, 1.54) is 0 Å². The molecule has 1 saturated carbocycles. The lowest BCUT2D eigenvalue weighted by Crippen LogP contribution is -2.41. The molecule has 5 amide bonds. The Morgan fingerprint density at radius 3 is 2.69 bits per heavy atom. The topological polar surface area (TPSA) is 113 Å². The van der Waals surface area contributed by atoms with Crippen LogP contribution in [0.4, 0.5) is 10.5 Å². The summed E-state index contributed by atoms with van der Waals surface area (Å²) in [6.07, 6.45) is 3.23. The number of aromatic nitrogens is 2. The van der Waals surface area contributed by atoms with Crippen LogP contribution in [0.15, 0.2) is 18.2 Å². The molecule has 10 heteroatoms. The van der Waals surface area contributed by atoms with E-state index in [9.17, 15) is 19.2 Å². The SMILES string of the molecule is O=C(CN1C(=O)C(=O)N(C2CCCC2)C1=O)Nc1cccc2nsnc12. The number of amides is 5. The Labute approximate surface area is 152 Å². The van der Waals surface area contributed by atoms with Crippen molar-refractivity contribution in [3.05, 3.63) is 18.2 Å². The average Bonchev–Trinajstić information content (AvgIpc) is 3.34. The first-order valence-corrected chi connectivity index (χ1v) is 8.99. The molecular weight excluding hydrogens is 358 g/mol. The first kappa shape index (κ1) is 16.6. The first-order chi connectivity index (χ1) is 12.6. The third kappa shape index (κ3) is 2.71. The Bertz CT molecular complexity index is 920. The van der Waals surface area contributed by atoms with Crippen LogP contribution in [-0.2, 0) is 14.4 Å². The molecule has 0 spiro atoms. The van der Waals surface area contributed by atoms with Crippen molar-refractivity contribution in [2.45, 2.75) is 31.7 Å². The maximum atomic E-state index is 12.5. The molecule has 2 heterocycles. The van der Waals surface area contributed by atoms with Gasteiger partial charge in [-0.25, -0.2) is 9.69 Å². The van der Waals surface area contributed by atoms with Gasteiger partial charge in [-0.1, -0.05) is 18.9 Å². The van der Waals surface area contributed by atoms with Gasteiger partial charge in [-0.2, -0.15) is 8.75 Å². The molecule has 134 valence electrons. The van der Waals surface area contributed by atoms with Crippen molar-refractivity contribution >= 4 is 52.2 Å². The molecular formula is C16H15N5O4S. The Morgan fingerprint density at radius 2 is 1.92 bits per heavy atom. The minimum atomic E-state index is -0.953. The van der Waals surface area contributed by atoms with Gasteiger partial charge in [-0.3, -0.25) is 19.3 Å². The molecule has 1 aromatic heterocycles. The minimum absolute atomic E-state index is 0.248. The van der Waals surface area contributed by atoms with Crippen LogP contribution >= 0.6 is 11.7 Å². The fourth-order valence-electron chi connectivity index (χ4n) is 3.39. The highest BCUT2D eigenvalue weighted by Crippen LogP contribution is 2.28. The van der Waals surface area contributed by atoms with Gasteiger partial charge in [0.1, 0.15) is 17.6 Å². The lowest BCUT2D eigenvalue weighted by atomic mass is 10.2. The van der Waals surface area contributed by atoms with Crippen molar-refractivity contribution in [1.82, 2.24) is 18.5 Å². The predicted octanol–water partition coefficient (Wildman–Crippen LogP) is 1.36. The molecule has 0 bridgehead atoms. The molecule has 1 aliphatic carbocycles.